The first kappa shape index (κ1) is 19.7. The van der Waals surface area contributed by atoms with Gasteiger partial charge in [-0.05, 0) is 36.4 Å². The lowest BCUT2D eigenvalue weighted by Crippen LogP contribution is -2.34. The van der Waals surface area contributed by atoms with Gasteiger partial charge in [0.25, 0.3) is 10.0 Å². The first-order chi connectivity index (χ1) is 11.5. The van der Waals surface area contributed by atoms with Gasteiger partial charge in [-0.1, -0.05) is 11.6 Å². The molecule has 0 aliphatic rings. The van der Waals surface area contributed by atoms with Crippen LogP contribution in [0.5, 0.6) is 0 Å². The number of nitrogens with one attached hydrogen (secondary N) is 1. The fourth-order valence-electron chi connectivity index (χ4n) is 1.82. The first-order valence-corrected chi connectivity index (χ1v) is 9.32. The minimum atomic E-state index is -4.47. The van der Waals surface area contributed by atoms with Crippen LogP contribution in [0, 0.1) is 0 Å². The van der Waals surface area contributed by atoms with Gasteiger partial charge < -0.3 is 5.32 Å². The summed E-state index contributed by atoms with van der Waals surface area (Å²) in [5, 5.41) is 2.35. The Hall–Kier alpha value is -1.62. The van der Waals surface area contributed by atoms with Crippen molar-refractivity contribution in [2.45, 2.75) is 10.4 Å². The number of rotatable bonds is 5. The van der Waals surface area contributed by atoms with Crippen molar-refractivity contribution >= 4 is 44.6 Å². The normalized spacial score (nSPS) is 12.4. The quantitative estimate of drug-likeness (QED) is 0.814. The molecule has 1 N–H and O–H groups in total. The summed E-state index contributed by atoms with van der Waals surface area (Å²) in [6.45, 7) is -0.501. The summed E-state index contributed by atoms with van der Waals surface area (Å²) < 4.78 is 63.1. The van der Waals surface area contributed by atoms with Gasteiger partial charge in [0.05, 0.1) is 16.4 Å². The number of amides is 1. The summed E-state index contributed by atoms with van der Waals surface area (Å²) in [7, 11) is -2.66. The molecule has 0 atom stereocenters. The molecule has 1 heterocycles. The average molecular weight is 413 g/mol. The van der Waals surface area contributed by atoms with Gasteiger partial charge in [0.2, 0.25) is 5.91 Å². The predicted molar refractivity (Wildman–Crippen MR) is 89.2 cm³/mol. The second-order valence-electron chi connectivity index (χ2n) is 4.94. The van der Waals surface area contributed by atoms with Crippen LogP contribution >= 0.6 is 22.9 Å². The van der Waals surface area contributed by atoms with Gasteiger partial charge in [0, 0.05) is 12.7 Å². The molecule has 5 nitrogen and oxygen atoms in total. The third-order valence-corrected chi connectivity index (χ3v) is 6.58. The molecule has 0 saturated heterocycles. The highest BCUT2D eigenvalue weighted by Crippen LogP contribution is 2.30. The first-order valence-electron chi connectivity index (χ1n) is 6.69. The van der Waals surface area contributed by atoms with E-state index in [0.717, 1.165) is 39.9 Å². The van der Waals surface area contributed by atoms with Crippen LogP contribution in [0.3, 0.4) is 0 Å². The van der Waals surface area contributed by atoms with Crippen LogP contribution in [0.25, 0.3) is 0 Å². The van der Waals surface area contributed by atoms with Gasteiger partial charge in [0.1, 0.15) is 4.21 Å². The molecule has 0 spiro atoms. The van der Waals surface area contributed by atoms with Crippen molar-refractivity contribution in [3.8, 4) is 0 Å². The van der Waals surface area contributed by atoms with E-state index in [1.54, 1.807) is 0 Å². The van der Waals surface area contributed by atoms with Crippen LogP contribution in [-0.2, 0) is 21.0 Å². The highest BCUT2D eigenvalue weighted by molar-refractivity contribution is 7.91. The summed E-state index contributed by atoms with van der Waals surface area (Å²) in [6, 6.07) is 6.58. The molecule has 0 radical (unpaired) electrons. The number of hydrogen-bond donors (Lipinski definition) is 1. The third kappa shape index (κ3) is 4.94. The Kier molecular flexibility index (Phi) is 5.77. The van der Waals surface area contributed by atoms with Crippen LogP contribution in [-0.4, -0.2) is 32.2 Å². The van der Waals surface area contributed by atoms with Crippen molar-refractivity contribution in [3.05, 3.63) is 46.3 Å². The zero-order chi connectivity index (χ0) is 18.8. The third-order valence-electron chi connectivity index (χ3n) is 3.08. The Bertz CT molecular complexity index is 864. The fraction of sp³-hybridized carbons (Fsp3) is 0.214. The summed E-state index contributed by atoms with van der Waals surface area (Å²) in [5.41, 5.74) is -0.720. The summed E-state index contributed by atoms with van der Waals surface area (Å²) in [6.07, 6.45) is -4.47. The van der Waals surface area contributed by atoms with Gasteiger partial charge in [0.15, 0.2) is 0 Å². The van der Waals surface area contributed by atoms with Gasteiger partial charge in [-0.2, -0.15) is 17.5 Å². The SMILES string of the molecule is CN(CC(=O)Nc1ccc(C(F)(F)F)cc1)S(=O)(=O)c1ccc(Cl)s1. The van der Waals surface area contributed by atoms with Crippen LogP contribution in [0.4, 0.5) is 18.9 Å². The highest BCUT2D eigenvalue weighted by atomic mass is 35.5. The average Bonchev–Trinajstić information content (AvgIpc) is 2.94. The molecule has 11 heteroatoms. The van der Waals surface area contributed by atoms with Gasteiger partial charge in [-0.25, -0.2) is 8.42 Å². The van der Waals surface area contributed by atoms with Crippen LogP contribution < -0.4 is 5.32 Å². The molecule has 0 bridgehead atoms. The number of anilines is 1. The Morgan fingerprint density at radius 1 is 1.20 bits per heavy atom. The number of hydrogen-bond acceptors (Lipinski definition) is 4. The molecule has 0 saturated carbocycles. The second-order valence-corrected chi connectivity index (χ2v) is 8.93. The van der Waals surface area contributed by atoms with E-state index in [9.17, 15) is 26.4 Å². The van der Waals surface area contributed by atoms with E-state index in [1.165, 1.54) is 19.2 Å². The summed E-state index contributed by atoms with van der Waals surface area (Å²) >= 11 is 6.56. The van der Waals surface area contributed by atoms with Crippen molar-refractivity contribution in [2.24, 2.45) is 0 Å². The molecule has 0 fully saturated rings. The van der Waals surface area contributed by atoms with E-state index < -0.39 is 34.2 Å². The summed E-state index contributed by atoms with van der Waals surface area (Å²) in [5.74, 6) is -0.687. The number of halogens is 4. The molecule has 136 valence electrons. The molecule has 0 aliphatic heterocycles. The van der Waals surface area contributed by atoms with Gasteiger partial charge in [-0.15, -0.1) is 11.3 Å². The lowest BCUT2D eigenvalue weighted by Gasteiger charge is -2.16. The Balaban J connectivity index is 2.02. The van der Waals surface area contributed by atoms with E-state index in [1.807, 2.05) is 0 Å². The van der Waals surface area contributed by atoms with Crippen molar-refractivity contribution in [2.75, 3.05) is 18.9 Å². The van der Waals surface area contributed by atoms with Crippen molar-refractivity contribution in [1.82, 2.24) is 4.31 Å². The fourth-order valence-corrected chi connectivity index (χ4v) is 4.64. The molecule has 1 aromatic heterocycles. The second kappa shape index (κ2) is 7.32. The molecule has 1 aromatic carbocycles. The topological polar surface area (TPSA) is 66.5 Å². The largest absolute Gasteiger partial charge is 0.416 e. The molecule has 2 aromatic rings. The Labute approximate surface area is 151 Å². The van der Waals surface area contributed by atoms with E-state index in [-0.39, 0.29) is 9.90 Å². The Morgan fingerprint density at radius 3 is 2.28 bits per heavy atom. The van der Waals surface area contributed by atoms with Crippen LogP contribution in [0.15, 0.2) is 40.6 Å². The number of nitrogens with zero attached hydrogens (tertiary/aromatic N) is 1. The van der Waals surface area contributed by atoms with Crippen molar-refractivity contribution in [3.63, 3.8) is 0 Å². The van der Waals surface area contributed by atoms with Crippen molar-refractivity contribution < 1.29 is 26.4 Å². The monoisotopic (exact) mass is 412 g/mol. The lowest BCUT2D eigenvalue weighted by molar-refractivity contribution is -0.137. The minimum Gasteiger partial charge on any atom is -0.325 e. The highest BCUT2D eigenvalue weighted by Gasteiger charge is 2.30. The number of alkyl halides is 3. The van der Waals surface area contributed by atoms with E-state index in [0.29, 0.717) is 4.34 Å². The standard InChI is InChI=1S/C14H12ClF3N2O3S2/c1-20(25(22,23)13-7-6-11(15)24-13)8-12(21)19-10-4-2-9(3-5-10)14(16,17)18/h2-7H,8H2,1H3,(H,19,21). The maximum atomic E-state index is 12.5. The maximum Gasteiger partial charge on any atom is 0.416 e. The molecule has 1 amide bonds. The number of benzene rings is 1. The maximum absolute atomic E-state index is 12.5. The van der Waals surface area contributed by atoms with Crippen molar-refractivity contribution in [1.29, 1.82) is 0 Å². The Morgan fingerprint density at radius 2 is 1.80 bits per heavy atom. The smallest absolute Gasteiger partial charge is 0.325 e. The van der Waals surface area contributed by atoms with Gasteiger partial charge >= 0.3 is 6.18 Å². The van der Waals surface area contributed by atoms with Crippen LogP contribution in [0.1, 0.15) is 5.56 Å². The zero-order valence-corrected chi connectivity index (χ0v) is 15.1. The zero-order valence-electron chi connectivity index (χ0n) is 12.7. The number of likely N-dealkylation sites (N-methyl/N-ethyl adjacent to an activating group) is 1. The number of carbonyl (C=O) groups is 1. The lowest BCUT2D eigenvalue weighted by atomic mass is 10.2. The molecule has 0 aliphatic carbocycles. The van der Waals surface area contributed by atoms with E-state index in [2.05, 4.69) is 5.32 Å². The molecular formula is C14H12ClF3N2O3S2. The molecule has 25 heavy (non-hydrogen) atoms. The summed E-state index contributed by atoms with van der Waals surface area (Å²) in [4.78, 5) is 11.9. The number of thiophene rings is 1. The molecular weight excluding hydrogens is 401 g/mol. The van der Waals surface area contributed by atoms with E-state index >= 15 is 0 Å². The number of carbonyl (C=O) groups excluding carboxylic acids is 1. The minimum absolute atomic E-state index is 0.0117. The predicted octanol–water partition coefficient (Wildman–Crippen LogP) is 3.68. The van der Waals surface area contributed by atoms with Crippen LogP contribution in [0.2, 0.25) is 4.34 Å². The number of sulfonamides is 1. The molecule has 2 rings (SSSR count). The van der Waals surface area contributed by atoms with Gasteiger partial charge in [-0.3, -0.25) is 4.79 Å². The van der Waals surface area contributed by atoms with E-state index in [4.69, 9.17) is 11.6 Å². The molecule has 0 unspecified atom stereocenters.